The normalized spacial score (nSPS) is 15.0. The average Bonchev–Trinajstić information content (AvgIpc) is 3.01. The average molecular weight is 267 g/mol. The highest BCUT2D eigenvalue weighted by atomic mass is 79.9. The van der Waals surface area contributed by atoms with E-state index in [9.17, 15) is 9.59 Å². The summed E-state index contributed by atoms with van der Waals surface area (Å²) >= 11 is 3.31. The van der Waals surface area contributed by atoms with E-state index in [1.807, 2.05) is 12.1 Å². The third-order valence-electron chi connectivity index (χ3n) is 2.54. The molecule has 2 nitrogen and oxygen atoms in total. The highest BCUT2D eigenvalue weighted by Gasteiger charge is 2.30. The van der Waals surface area contributed by atoms with E-state index in [2.05, 4.69) is 15.9 Å². The zero-order valence-corrected chi connectivity index (χ0v) is 9.79. The van der Waals surface area contributed by atoms with Gasteiger partial charge in [0.05, 0.1) is 6.42 Å². The summed E-state index contributed by atoms with van der Waals surface area (Å²) in [4.78, 5) is 23.2. The lowest BCUT2D eigenvalue weighted by molar-refractivity contribution is -0.119. The Morgan fingerprint density at radius 1 is 1.27 bits per heavy atom. The van der Waals surface area contributed by atoms with Crippen LogP contribution in [0.5, 0.6) is 0 Å². The van der Waals surface area contributed by atoms with E-state index in [-0.39, 0.29) is 23.9 Å². The van der Waals surface area contributed by atoms with Crippen LogP contribution in [0.3, 0.4) is 0 Å². The molecule has 0 amide bonds. The molecule has 0 unspecified atom stereocenters. The Labute approximate surface area is 96.8 Å². The number of hydrogen-bond acceptors (Lipinski definition) is 2. The van der Waals surface area contributed by atoms with Crippen LogP contribution in [-0.2, 0) is 4.79 Å². The predicted molar refractivity (Wildman–Crippen MR) is 60.8 cm³/mol. The SMILES string of the molecule is O=C(CC(=O)C1CC1)c1ccccc1Br. The number of benzene rings is 1. The minimum Gasteiger partial charge on any atom is -0.299 e. The number of hydrogen-bond donors (Lipinski definition) is 0. The molecule has 3 heteroatoms. The monoisotopic (exact) mass is 266 g/mol. The number of carbonyl (C=O) groups is 2. The van der Waals surface area contributed by atoms with E-state index >= 15 is 0 Å². The fourth-order valence-electron chi connectivity index (χ4n) is 1.49. The van der Waals surface area contributed by atoms with Crippen molar-refractivity contribution in [3.05, 3.63) is 34.3 Å². The van der Waals surface area contributed by atoms with Gasteiger partial charge in [-0.15, -0.1) is 0 Å². The number of ketones is 2. The van der Waals surface area contributed by atoms with Crippen LogP contribution >= 0.6 is 15.9 Å². The third-order valence-corrected chi connectivity index (χ3v) is 3.23. The Morgan fingerprint density at radius 3 is 2.53 bits per heavy atom. The highest BCUT2D eigenvalue weighted by Crippen LogP contribution is 2.31. The van der Waals surface area contributed by atoms with Gasteiger partial charge in [0.25, 0.3) is 0 Å². The minimum absolute atomic E-state index is 0.0489. The maximum absolute atomic E-state index is 11.8. The highest BCUT2D eigenvalue weighted by molar-refractivity contribution is 9.10. The lowest BCUT2D eigenvalue weighted by atomic mass is 10.0. The van der Waals surface area contributed by atoms with Crippen molar-refractivity contribution in [2.45, 2.75) is 19.3 Å². The summed E-state index contributed by atoms with van der Waals surface area (Å²) in [5, 5.41) is 0. The summed E-state index contributed by atoms with van der Waals surface area (Å²) in [5.41, 5.74) is 0.603. The first-order chi connectivity index (χ1) is 7.18. The first-order valence-electron chi connectivity index (χ1n) is 4.99. The molecule has 1 fully saturated rings. The smallest absolute Gasteiger partial charge is 0.171 e. The van der Waals surface area contributed by atoms with E-state index in [1.54, 1.807) is 12.1 Å². The van der Waals surface area contributed by atoms with Gasteiger partial charge in [0.15, 0.2) is 5.78 Å². The van der Waals surface area contributed by atoms with E-state index in [0.29, 0.717) is 5.56 Å². The molecule has 1 aliphatic rings. The van der Waals surface area contributed by atoms with Crippen molar-refractivity contribution in [1.29, 1.82) is 0 Å². The molecule has 0 spiro atoms. The van der Waals surface area contributed by atoms with Crippen LogP contribution in [-0.4, -0.2) is 11.6 Å². The molecule has 1 aliphatic carbocycles. The standard InChI is InChI=1S/C12H11BrO2/c13-10-4-2-1-3-9(10)12(15)7-11(14)8-5-6-8/h1-4,8H,5-7H2. The van der Waals surface area contributed by atoms with Crippen molar-refractivity contribution >= 4 is 27.5 Å². The molecule has 0 atom stereocenters. The second-order valence-electron chi connectivity index (χ2n) is 3.82. The Balaban J connectivity index is 2.07. The Kier molecular flexibility index (Phi) is 3.00. The van der Waals surface area contributed by atoms with Crippen molar-refractivity contribution in [3.63, 3.8) is 0 Å². The van der Waals surface area contributed by atoms with Gasteiger partial charge in [-0.1, -0.05) is 34.1 Å². The Bertz CT molecular complexity index is 408. The largest absolute Gasteiger partial charge is 0.299 e. The van der Waals surface area contributed by atoms with E-state index in [1.165, 1.54) is 0 Å². The van der Waals surface area contributed by atoms with Gasteiger partial charge < -0.3 is 0 Å². The van der Waals surface area contributed by atoms with Crippen molar-refractivity contribution in [2.24, 2.45) is 5.92 Å². The first-order valence-corrected chi connectivity index (χ1v) is 5.78. The summed E-state index contributed by atoms with van der Waals surface area (Å²) in [6, 6.07) is 7.21. The summed E-state index contributed by atoms with van der Waals surface area (Å²) in [7, 11) is 0. The summed E-state index contributed by atoms with van der Waals surface area (Å²) in [6.45, 7) is 0. The van der Waals surface area contributed by atoms with Crippen LogP contribution in [0.2, 0.25) is 0 Å². The second-order valence-corrected chi connectivity index (χ2v) is 4.67. The van der Waals surface area contributed by atoms with Gasteiger partial charge in [0, 0.05) is 16.0 Å². The fraction of sp³-hybridized carbons (Fsp3) is 0.333. The molecule has 2 rings (SSSR count). The molecule has 78 valence electrons. The Morgan fingerprint density at radius 2 is 1.93 bits per heavy atom. The van der Waals surface area contributed by atoms with Crippen LogP contribution in [0.1, 0.15) is 29.6 Å². The first kappa shape index (κ1) is 10.6. The molecule has 0 bridgehead atoms. The fourth-order valence-corrected chi connectivity index (χ4v) is 2.00. The molecule has 0 saturated heterocycles. The predicted octanol–water partition coefficient (Wildman–Crippen LogP) is 3.00. The zero-order valence-electron chi connectivity index (χ0n) is 8.20. The van der Waals surface area contributed by atoms with Crippen molar-refractivity contribution < 1.29 is 9.59 Å². The maximum Gasteiger partial charge on any atom is 0.171 e. The van der Waals surface area contributed by atoms with Gasteiger partial charge >= 0.3 is 0 Å². The lowest BCUT2D eigenvalue weighted by Crippen LogP contribution is -2.10. The van der Waals surface area contributed by atoms with Gasteiger partial charge in [-0.25, -0.2) is 0 Å². The maximum atomic E-state index is 11.8. The zero-order chi connectivity index (χ0) is 10.8. The Hall–Kier alpha value is -0.960. The topological polar surface area (TPSA) is 34.1 Å². The molecule has 1 saturated carbocycles. The summed E-state index contributed by atoms with van der Waals surface area (Å²) in [6.07, 6.45) is 1.97. The van der Waals surface area contributed by atoms with E-state index in [0.717, 1.165) is 17.3 Å². The van der Waals surface area contributed by atoms with Crippen LogP contribution in [0.15, 0.2) is 28.7 Å². The molecule has 15 heavy (non-hydrogen) atoms. The van der Waals surface area contributed by atoms with Crippen LogP contribution in [0.4, 0.5) is 0 Å². The number of Topliss-reactive ketones (excluding diaryl/α,β-unsaturated/α-hetero) is 2. The molecular formula is C12H11BrO2. The summed E-state index contributed by atoms with van der Waals surface area (Å²) in [5.74, 6) is 0.173. The van der Waals surface area contributed by atoms with Gasteiger partial charge in [-0.2, -0.15) is 0 Å². The molecule has 1 aromatic rings. The van der Waals surface area contributed by atoms with Crippen molar-refractivity contribution in [3.8, 4) is 0 Å². The molecule has 0 aliphatic heterocycles. The van der Waals surface area contributed by atoms with Crippen LogP contribution in [0.25, 0.3) is 0 Å². The minimum atomic E-state index is -0.0839. The van der Waals surface area contributed by atoms with E-state index in [4.69, 9.17) is 0 Å². The quantitative estimate of drug-likeness (QED) is 0.620. The van der Waals surface area contributed by atoms with Crippen molar-refractivity contribution in [1.82, 2.24) is 0 Å². The van der Waals surface area contributed by atoms with Gasteiger partial charge in [0.2, 0.25) is 0 Å². The summed E-state index contributed by atoms with van der Waals surface area (Å²) < 4.78 is 0.763. The second kappa shape index (κ2) is 4.27. The van der Waals surface area contributed by atoms with Crippen LogP contribution < -0.4 is 0 Å². The molecular weight excluding hydrogens is 256 g/mol. The molecule has 0 heterocycles. The number of carbonyl (C=O) groups excluding carboxylic acids is 2. The van der Waals surface area contributed by atoms with Gasteiger partial charge in [0.1, 0.15) is 5.78 Å². The lowest BCUT2D eigenvalue weighted by Gasteiger charge is -2.02. The molecule has 1 aromatic carbocycles. The molecule has 0 aromatic heterocycles. The third kappa shape index (κ3) is 2.53. The van der Waals surface area contributed by atoms with Gasteiger partial charge in [-0.05, 0) is 18.9 Å². The van der Waals surface area contributed by atoms with Crippen LogP contribution in [0, 0.1) is 5.92 Å². The van der Waals surface area contributed by atoms with Gasteiger partial charge in [-0.3, -0.25) is 9.59 Å². The number of halogens is 1. The number of rotatable bonds is 4. The van der Waals surface area contributed by atoms with E-state index < -0.39 is 0 Å². The molecule has 0 N–H and O–H groups in total. The van der Waals surface area contributed by atoms with Crippen molar-refractivity contribution in [2.75, 3.05) is 0 Å². The molecule has 0 radical (unpaired) electrons.